The van der Waals surface area contributed by atoms with Gasteiger partial charge < -0.3 is 14.7 Å². The molecular formula is C25H24FN5O2. The highest BCUT2D eigenvalue weighted by Crippen LogP contribution is 2.34. The van der Waals surface area contributed by atoms with Crippen molar-refractivity contribution in [2.75, 3.05) is 18.0 Å². The van der Waals surface area contributed by atoms with E-state index in [1.165, 1.54) is 24.0 Å². The predicted molar refractivity (Wildman–Crippen MR) is 123 cm³/mol. The van der Waals surface area contributed by atoms with Crippen LogP contribution in [0.4, 0.5) is 10.2 Å². The van der Waals surface area contributed by atoms with Crippen molar-refractivity contribution in [3.8, 4) is 11.3 Å². The predicted octanol–water partition coefficient (Wildman–Crippen LogP) is 4.27. The van der Waals surface area contributed by atoms with Crippen molar-refractivity contribution in [1.29, 1.82) is 0 Å². The molecule has 2 aromatic carbocycles. The van der Waals surface area contributed by atoms with Crippen LogP contribution >= 0.6 is 0 Å². The van der Waals surface area contributed by atoms with Crippen molar-refractivity contribution in [3.63, 3.8) is 0 Å². The molecule has 5 rings (SSSR count). The first-order chi connectivity index (χ1) is 16.1. The molecule has 1 amide bonds. The van der Waals surface area contributed by atoms with Gasteiger partial charge in [0.1, 0.15) is 29.0 Å². The van der Waals surface area contributed by atoms with E-state index in [0.29, 0.717) is 60.7 Å². The Balaban J connectivity index is 1.30. The molecule has 168 valence electrons. The fraction of sp³-hybridized carbons (Fsp3) is 0.280. The summed E-state index contributed by atoms with van der Waals surface area (Å²) >= 11 is 0. The number of aromatic nitrogens is 3. The van der Waals surface area contributed by atoms with E-state index in [4.69, 9.17) is 4.52 Å². The molecule has 1 N–H and O–H groups in total. The lowest BCUT2D eigenvalue weighted by Gasteiger charge is -2.32. The maximum atomic E-state index is 13.8. The quantitative estimate of drug-likeness (QED) is 0.494. The second-order valence-corrected chi connectivity index (χ2v) is 8.32. The number of halogens is 1. The fourth-order valence-corrected chi connectivity index (χ4v) is 4.33. The highest BCUT2D eigenvalue weighted by Gasteiger charge is 2.28. The molecule has 0 atom stereocenters. The number of anilines is 1. The molecule has 0 unspecified atom stereocenters. The van der Waals surface area contributed by atoms with Crippen molar-refractivity contribution >= 4 is 22.8 Å². The fourth-order valence-electron chi connectivity index (χ4n) is 4.33. The summed E-state index contributed by atoms with van der Waals surface area (Å²) in [5.41, 5.74) is 3.78. The lowest BCUT2D eigenvalue weighted by Crippen LogP contribution is -2.40. The van der Waals surface area contributed by atoms with Crippen LogP contribution < -0.4 is 10.2 Å². The van der Waals surface area contributed by atoms with Crippen LogP contribution in [0.1, 0.15) is 24.0 Å². The maximum absolute atomic E-state index is 13.8. The van der Waals surface area contributed by atoms with E-state index in [9.17, 15) is 9.18 Å². The number of amides is 1. The van der Waals surface area contributed by atoms with Crippen LogP contribution in [0, 0.1) is 18.7 Å². The largest absolute Gasteiger partial charge is 0.356 e. The molecule has 7 nitrogen and oxygen atoms in total. The lowest BCUT2D eigenvalue weighted by atomic mass is 9.95. The second-order valence-electron chi connectivity index (χ2n) is 8.32. The van der Waals surface area contributed by atoms with Crippen LogP contribution in [0.15, 0.2) is 59.4 Å². The standard InChI is InChI=1S/C25H24FN5O2/c1-16-5-2-3-6-19(16)14-27-24(32)17-9-11-31(12-10-17)23-21-22(18-7-4-8-20(26)13-18)30-33-25(21)29-15-28-23/h2-8,13,15,17H,9-12,14H2,1H3,(H,27,32). The Kier molecular flexibility index (Phi) is 5.73. The Hall–Kier alpha value is -3.81. The number of benzene rings is 2. The molecule has 33 heavy (non-hydrogen) atoms. The molecule has 1 saturated heterocycles. The molecular weight excluding hydrogens is 421 g/mol. The number of nitrogens with zero attached hydrogens (tertiary/aromatic N) is 4. The number of hydrogen-bond donors (Lipinski definition) is 1. The van der Waals surface area contributed by atoms with Crippen LogP contribution in [0.2, 0.25) is 0 Å². The van der Waals surface area contributed by atoms with Gasteiger partial charge in [-0.05, 0) is 43.0 Å². The van der Waals surface area contributed by atoms with Gasteiger partial charge in [0.2, 0.25) is 5.91 Å². The Morgan fingerprint density at radius 1 is 1.15 bits per heavy atom. The number of carbonyl (C=O) groups is 1. The summed E-state index contributed by atoms with van der Waals surface area (Å²) in [7, 11) is 0. The summed E-state index contributed by atoms with van der Waals surface area (Å²) in [4.78, 5) is 23.5. The zero-order chi connectivity index (χ0) is 22.8. The van der Waals surface area contributed by atoms with Gasteiger partial charge in [-0.3, -0.25) is 4.79 Å². The topological polar surface area (TPSA) is 84.2 Å². The molecule has 0 aliphatic carbocycles. The van der Waals surface area contributed by atoms with Crippen LogP contribution in [0.3, 0.4) is 0 Å². The van der Waals surface area contributed by atoms with Crippen molar-refractivity contribution in [1.82, 2.24) is 20.4 Å². The van der Waals surface area contributed by atoms with Crippen molar-refractivity contribution in [2.24, 2.45) is 5.92 Å². The van der Waals surface area contributed by atoms with E-state index in [0.717, 1.165) is 5.56 Å². The number of hydrogen-bond acceptors (Lipinski definition) is 6. The zero-order valence-corrected chi connectivity index (χ0v) is 18.3. The molecule has 8 heteroatoms. The number of nitrogens with one attached hydrogen (secondary N) is 1. The molecule has 0 spiro atoms. The minimum atomic E-state index is -0.348. The Labute approximate surface area is 190 Å². The first-order valence-corrected chi connectivity index (χ1v) is 11.0. The van der Waals surface area contributed by atoms with E-state index in [1.807, 2.05) is 31.2 Å². The first-order valence-electron chi connectivity index (χ1n) is 11.0. The second kappa shape index (κ2) is 8.97. The number of aryl methyl sites for hydroxylation is 1. The Bertz CT molecular complexity index is 1300. The Morgan fingerprint density at radius 3 is 2.76 bits per heavy atom. The van der Waals surface area contributed by atoms with Crippen molar-refractivity contribution in [3.05, 3.63) is 71.8 Å². The molecule has 1 aliphatic heterocycles. The number of piperidine rings is 1. The minimum Gasteiger partial charge on any atom is -0.356 e. The van der Waals surface area contributed by atoms with Gasteiger partial charge in [0.15, 0.2) is 0 Å². The third-order valence-corrected chi connectivity index (χ3v) is 6.23. The van der Waals surface area contributed by atoms with Crippen LogP contribution in [-0.2, 0) is 11.3 Å². The minimum absolute atomic E-state index is 0.0484. The SMILES string of the molecule is Cc1ccccc1CNC(=O)C1CCN(c2ncnc3onc(-c4cccc(F)c4)c23)CC1. The van der Waals surface area contributed by atoms with E-state index in [-0.39, 0.29) is 17.6 Å². The average Bonchev–Trinajstić information content (AvgIpc) is 3.28. The number of rotatable bonds is 5. The van der Waals surface area contributed by atoms with Gasteiger partial charge in [-0.1, -0.05) is 41.6 Å². The van der Waals surface area contributed by atoms with Crippen molar-refractivity contribution in [2.45, 2.75) is 26.3 Å². The monoisotopic (exact) mass is 445 g/mol. The summed E-state index contributed by atoms with van der Waals surface area (Å²) in [5.74, 6) is 0.378. The highest BCUT2D eigenvalue weighted by atomic mass is 19.1. The summed E-state index contributed by atoms with van der Waals surface area (Å²) in [6, 6.07) is 14.3. The highest BCUT2D eigenvalue weighted by molar-refractivity contribution is 5.98. The summed E-state index contributed by atoms with van der Waals surface area (Å²) < 4.78 is 19.2. The van der Waals surface area contributed by atoms with E-state index < -0.39 is 0 Å². The summed E-state index contributed by atoms with van der Waals surface area (Å²) in [6.45, 7) is 3.92. The van der Waals surface area contributed by atoms with Crippen LogP contribution in [-0.4, -0.2) is 34.1 Å². The molecule has 3 heterocycles. The molecule has 0 radical (unpaired) electrons. The van der Waals surface area contributed by atoms with Gasteiger partial charge in [0, 0.05) is 31.1 Å². The van der Waals surface area contributed by atoms with Gasteiger partial charge in [0.05, 0.1) is 0 Å². The van der Waals surface area contributed by atoms with Gasteiger partial charge in [-0.25, -0.2) is 9.37 Å². The zero-order valence-electron chi connectivity index (χ0n) is 18.3. The molecule has 0 saturated carbocycles. The molecule has 0 bridgehead atoms. The van der Waals surface area contributed by atoms with Crippen LogP contribution in [0.5, 0.6) is 0 Å². The number of fused-ring (bicyclic) bond motifs is 1. The van der Waals surface area contributed by atoms with Crippen molar-refractivity contribution < 1.29 is 13.7 Å². The number of carbonyl (C=O) groups excluding carboxylic acids is 1. The smallest absolute Gasteiger partial charge is 0.263 e. The molecule has 2 aromatic heterocycles. The van der Waals surface area contributed by atoms with Gasteiger partial charge >= 0.3 is 0 Å². The summed E-state index contributed by atoms with van der Waals surface area (Å²) in [6.07, 6.45) is 2.87. The normalized spacial score (nSPS) is 14.5. The van der Waals surface area contributed by atoms with Gasteiger partial charge in [0.25, 0.3) is 5.71 Å². The van der Waals surface area contributed by atoms with E-state index in [1.54, 1.807) is 12.1 Å². The third-order valence-electron chi connectivity index (χ3n) is 6.23. The lowest BCUT2D eigenvalue weighted by molar-refractivity contribution is -0.125. The third kappa shape index (κ3) is 4.28. The van der Waals surface area contributed by atoms with E-state index >= 15 is 0 Å². The first kappa shape index (κ1) is 21.1. The average molecular weight is 445 g/mol. The Morgan fingerprint density at radius 2 is 1.97 bits per heavy atom. The maximum Gasteiger partial charge on any atom is 0.263 e. The van der Waals surface area contributed by atoms with E-state index in [2.05, 4.69) is 25.3 Å². The molecule has 1 fully saturated rings. The molecule has 4 aromatic rings. The molecule has 1 aliphatic rings. The van der Waals surface area contributed by atoms with Crippen LogP contribution in [0.25, 0.3) is 22.4 Å². The summed E-state index contributed by atoms with van der Waals surface area (Å²) in [5, 5.41) is 7.87. The van der Waals surface area contributed by atoms with Gasteiger partial charge in [-0.2, -0.15) is 4.98 Å². The van der Waals surface area contributed by atoms with Gasteiger partial charge in [-0.15, -0.1) is 0 Å².